The summed E-state index contributed by atoms with van der Waals surface area (Å²) in [4.78, 5) is 12.1. The third kappa shape index (κ3) is 7.17. The summed E-state index contributed by atoms with van der Waals surface area (Å²) in [6, 6.07) is 9.79. The summed E-state index contributed by atoms with van der Waals surface area (Å²) < 4.78 is 41.4. The van der Waals surface area contributed by atoms with E-state index in [2.05, 4.69) is 30.8 Å². The van der Waals surface area contributed by atoms with E-state index < -0.39 is 18.0 Å². The van der Waals surface area contributed by atoms with Gasteiger partial charge in [0.15, 0.2) is 0 Å². The first-order valence-corrected chi connectivity index (χ1v) is 10.6. The van der Waals surface area contributed by atoms with Gasteiger partial charge in [-0.05, 0) is 30.3 Å². The fraction of sp³-hybridized carbons (Fsp3) is 0.111. The maximum atomic E-state index is 12.2. The minimum absolute atomic E-state index is 0.0858. The minimum Gasteiger partial charge on any atom is -0.406 e. The molecule has 0 bridgehead atoms. The van der Waals surface area contributed by atoms with Crippen LogP contribution in [0.2, 0.25) is 10.0 Å². The lowest BCUT2D eigenvalue weighted by Gasteiger charge is -2.09. The van der Waals surface area contributed by atoms with Crippen LogP contribution < -0.4 is 21.3 Å². The Morgan fingerprint density at radius 1 is 1.21 bits per heavy atom. The smallest absolute Gasteiger partial charge is 0.406 e. The molecular weight excluding hydrogens is 506 g/mol. The van der Waals surface area contributed by atoms with Crippen LogP contribution in [0.3, 0.4) is 0 Å². The summed E-state index contributed by atoms with van der Waals surface area (Å²) >= 11 is 13.0. The lowest BCUT2D eigenvalue weighted by atomic mass is 10.2. The molecule has 0 saturated carbocycles. The molecule has 174 valence electrons. The number of nitrogen functional groups attached to an aromatic ring is 1. The van der Waals surface area contributed by atoms with E-state index in [0.717, 1.165) is 28.6 Å². The molecule has 0 spiro atoms. The monoisotopic (exact) mass is 519 g/mol. The lowest BCUT2D eigenvalue weighted by Crippen LogP contribution is -2.18. The Labute approximate surface area is 199 Å². The van der Waals surface area contributed by atoms with Gasteiger partial charge in [0.1, 0.15) is 5.75 Å². The van der Waals surface area contributed by atoms with E-state index in [9.17, 15) is 18.0 Å². The maximum absolute atomic E-state index is 12.2. The van der Waals surface area contributed by atoms with Crippen LogP contribution in [0.5, 0.6) is 5.75 Å². The lowest BCUT2D eigenvalue weighted by molar-refractivity contribution is -0.274. The van der Waals surface area contributed by atoms with Gasteiger partial charge in [-0.1, -0.05) is 47.1 Å². The minimum atomic E-state index is -4.79. The average Bonchev–Trinajstić information content (AvgIpc) is 3.09. The van der Waals surface area contributed by atoms with Gasteiger partial charge in [-0.25, -0.2) is 10.1 Å². The van der Waals surface area contributed by atoms with E-state index in [1.807, 2.05) is 0 Å². The first-order chi connectivity index (χ1) is 15.6. The molecule has 4 N–H and O–H groups in total. The number of hydrogen-bond acceptors (Lipinski definition) is 8. The number of carbonyl (C=O) groups is 1. The highest BCUT2D eigenvalue weighted by Gasteiger charge is 2.31. The van der Waals surface area contributed by atoms with Gasteiger partial charge in [0.25, 0.3) is 5.95 Å². The summed E-state index contributed by atoms with van der Waals surface area (Å²) in [5.74, 6) is 5.08. The second kappa shape index (κ2) is 10.6. The first kappa shape index (κ1) is 24.5. The van der Waals surface area contributed by atoms with Gasteiger partial charge in [-0.15, -0.1) is 23.4 Å². The van der Waals surface area contributed by atoms with Crippen molar-refractivity contribution >= 4 is 58.7 Å². The van der Waals surface area contributed by atoms with Gasteiger partial charge < -0.3 is 15.9 Å². The summed E-state index contributed by atoms with van der Waals surface area (Å²) in [5, 5.41) is 15.1. The molecule has 1 heterocycles. The zero-order valence-electron chi connectivity index (χ0n) is 16.3. The normalized spacial score (nSPS) is 11.5. The second-order valence-electron chi connectivity index (χ2n) is 6.10. The van der Waals surface area contributed by atoms with Crippen molar-refractivity contribution in [3.63, 3.8) is 0 Å². The van der Waals surface area contributed by atoms with Gasteiger partial charge in [-0.3, -0.25) is 4.79 Å². The summed E-state index contributed by atoms with van der Waals surface area (Å²) in [6.07, 6.45) is -3.37. The maximum Gasteiger partial charge on any atom is 0.573 e. The molecule has 3 aromatic rings. The number of nitrogens with zero attached hydrogens (tertiary/aromatic N) is 4. The fourth-order valence-electron chi connectivity index (χ4n) is 2.30. The van der Waals surface area contributed by atoms with E-state index >= 15 is 0 Å². The summed E-state index contributed by atoms with van der Waals surface area (Å²) in [7, 11) is 0. The Kier molecular flexibility index (Phi) is 7.89. The number of amides is 1. The Hall–Kier alpha value is -3.16. The van der Waals surface area contributed by atoms with Crippen LogP contribution in [0.25, 0.3) is 0 Å². The number of alkyl halides is 3. The largest absolute Gasteiger partial charge is 0.573 e. The van der Waals surface area contributed by atoms with Crippen LogP contribution in [0.1, 0.15) is 5.56 Å². The molecule has 0 aliphatic heterocycles. The van der Waals surface area contributed by atoms with E-state index in [0.29, 0.717) is 21.3 Å². The Morgan fingerprint density at radius 2 is 1.94 bits per heavy atom. The van der Waals surface area contributed by atoms with Crippen molar-refractivity contribution in [3.8, 4) is 5.75 Å². The van der Waals surface area contributed by atoms with E-state index in [1.165, 1.54) is 18.3 Å². The first-order valence-electron chi connectivity index (χ1n) is 8.84. The number of hydrazone groups is 1. The topological polar surface area (TPSA) is 119 Å². The van der Waals surface area contributed by atoms with E-state index in [4.69, 9.17) is 29.0 Å². The van der Waals surface area contributed by atoms with Crippen LogP contribution >= 0.6 is 35.0 Å². The Morgan fingerprint density at radius 3 is 2.64 bits per heavy atom. The van der Waals surface area contributed by atoms with Crippen LogP contribution in [0.4, 0.5) is 24.8 Å². The van der Waals surface area contributed by atoms with Crippen molar-refractivity contribution in [1.82, 2.24) is 14.9 Å². The highest BCUT2D eigenvalue weighted by atomic mass is 35.5. The number of halogens is 5. The quantitative estimate of drug-likeness (QED) is 0.175. The highest BCUT2D eigenvalue weighted by molar-refractivity contribution is 7.99. The van der Waals surface area contributed by atoms with E-state index in [-0.39, 0.29) is 16.9 Å². The Balaban J connectivity index is 1.51. The van der Waals surface area contributed by atoms with Gasteiger partial charge in [0, 0.05) is 11.3 Å². The molecular formula is C18H14Cl2F3N7O2S. The average molecular weight is 520 g/mol. The molecule has 33 heavy (non-hydrogen) atoms. The highest BCUT2D eigenvalue weighted by Crippen LogP contribution is 2.25. The number of anilines is 2. The molecule has 9 nitrogen and oxygen atoms in total. The van der Waals surface area contributed by atoms with Crippen molar-refractivity contribution in [3.05, 3.63) is 58.1 Å². The number of rotatable bonds is 8. The van der Waals surface area contributed by atoms with Crippen LogP contribution in [0.15, 0.2) is 52.7 Å². The van der Waals surface area contributed by atoms with Crippen LogP contribution in [-0.4, -0.2) is 39.1 Å². The van der Waals surface area contributed by atoms with E-state index in [1.54, 1.807) is 18.2 Å². The number of nitrogens with two attached hydrogens (primary N) is 1. The molecule has 3 rings (SSSR count). The number of aromatic nitrogens is 3. The molecule has 0 radical (unpaired) electrons. The number of carbonyl (C=O) groups excluding carboxylic acids is 1. The molecule has 1 amide bonds. The molecule has 2 aromatic carbocycles. The van der Waals surface area contributed by atoms with Crippen molar-refractivity contribution in [2.24, 2.45) is 5.10 Å². The predicted molar refractivity (Wildman–Crippen MR) is 120 cm³/mol. The third-order valence-corrected chi connectivity index (χ3v) is 5.49. The number of nitrogens with one attached hydrogen (secondary N) is 2. The number of benzene rings is 2. The third-order valence-electron chi connectivity index (χ3n) is 3.72. The Bertz CT molecular complexity index is 1160. The molecule has 0 atom stereocenters. The zero-order valence-corrected chi connectivity index (χ0v) is 18.6. The molecule has 0 aliphatic carbocycles. The van der Waals surface area contributed by atoms with Gasteiger partial charge >= 0.3 is 6.36 Å². The fourth-order valence-corrected chi connectivity index (χ4v) is 3.31. The predicted octanol–water partition coefficient (Wildman–Crippen LogP) is 4.37. The molecule has 0 fully saturated rings. The van der Waals surface area contributed by atoms with Crippen LogP contribution in [-0.2, 0) is 4.79 Å². The SMILES string of the molecule is Nn1c(N/N=C/c2cccc(Cl)c2Cl)nnc1SCC(=O)Nc1ccc(OC(F)(F)F)cc1. The zero-order chi connectivity index (χ0) is 24.0. The molecule has 0 aliphatic rings. The summed E-state index contributed by atoms with van der Waals surface area (Å²) in [5.41, 5.74) is 3.47. The molecule has 0 unspecified atom stereocenters. The molecule has 0 saturated heterocycles. The second-order valence-corrected chi connectivity index (χ2v) is 7.83. The van der Waals surface area contributed by atoms with Gasteiger partial charge in [-0.2, -0.15) is 5.10 Å². The molecule has 15 heteroatoms. The number of ether oxygens (including phenoxy) is 1. The van der Waals surface area contributed by atoms with Crippen molar-refractivity contribution in [2.45, 2.75) is 11.5 Å². The summed E-state index contributed by atoms with van der Waals surface area (Å²) in [6.45, 7) is 0. The van der Waals surface area contributed by atoms with Crippen molar-refractivity contribution < 1.29 is 22.7 Å². The van der Waals surface area contributed by atoms with Crippen molar-refractivity contribution in [1.29, 1.82) is 0 Å². The van der Waals surface area contributed by atoms with Gasteiger partial charge in [0.2, 0.25) is 11.1 Å². The standard InChI is InChI=1S/C18H14Cl2F3N7O2S/c19-13-3-1-2-10(15(13)20)8-25-27-16-28-29-17(30(16)24)33-9-14(31)26-11-4-6-12(7-5-11)32-18(21,22)23/h1-8H,9,24H2,(H,26,31)(H,27,28)/b25-8+. The van der Waals surface area contributed by atoms with Crippen molar-refractivity contribution in [2.75, 3.05) is 22.3 Å². The molecule has 1 aromatic heterocycles. The number of thioether (sulfide) groups is 1. The van der Waals surface area contributed by atoms with Gasteiger partial charge in [0.05, 0.1) is 22.0 Å². The van der Waals surface area contributed by atoms with Crippen LogP contribution in [0, 0.1) is 0 Å². The number of hydrogen-bond donors (Lipinski definition) is 3.